The van der Waals surface area contributed by atoms with Gasteiger partial charge in [0.25, 0.3) is 0 Å². The molecule has 2 heterocycles. The molecule has 0 radical (unpaired) electrons. The fourth-order valence-electron chi connectivity index (χ4n) is 2.96. The van der Waals surface area contributed by atoms with Gasteiger partial charge in [-0.3, -0.25) is 4.79 Å². The van der Waals surface area contributed by atoms with Crippen LogP contribution in [-0.4, -0.2) is 37.7 Å². The fourth-order valence-corrected chi connectivity index (χ4v) is 2.96. The molecule has 0 aromatic heterocycles. The molecule has 2 aliphatic rings. The monoisotopic (exact) mass is 240 g/mol. The average Bonchev–Trinajstić information content (AvgIpc) is 2.94. The van der Waals surface area contributed by atoms with Crippen LogP contribution in [0.2, 0.25) is 0 Å². The van der Waals surface area contributed by atoms with Crippen molar-refractivity contribution in [3.05, 3.63) is 0 Å². The van der Waals surface area contributed by atoms with Gasteiger partial charge in [0.05, 0.1) is 12.0 Å². The highest BCUT2D eigenvalue weighted by Crippen LogP contribution is 2.23. The lowest BCUT2D eigenvalue weighted by molar-refractivity contribution is -0.125. The molecule has 4 unspecified atom stereocenters. The van der Waals surface area contributed by atoms with Crippen LogP contribution in [0, 0.1) is 11.8 Å². The minimum Gasteiger partial charge on any atom is -0.378 e. The van der Waals surface area contributed by atoms with E-state index in [0.29, 0.717) is 18.1 Å². The molecule has 98 valence electrons. The van der Waals surface area contributed by atoms with Gasteiger partial charge in [-0.2, -0.15) is 0 Å². The Labute approximate surface area is 103 Å². The van der Waals surface area contributed by atoms with Crippen LogP contribution in [-0.2, 0) is 9.53 Å². The van der Waals surface area contributed by atoms with Crippen molar-refractivity contribution in [2.45, 2.75) is 45.3 Å². The van der Waals surface area contributed by atoms with E-state index < -0.39 is 0 Å². The minimum absolute atomic E-state index is 0.150. The van der Waals surface area contributed by atoms with Crippen molar-refractivity contribution in [2.75, 3.05) is 19.7 Å². The van der Waals surface area contributed by atoms with E-state index in [-0.39, 0.29) is 11.8 Å². The summed E-state index contributed by atoms with van der Waals surface area (Å²) in [5, 5.41) is 6.42. The highest BCUT2D eigenvalue weighted by Gasteiger charge is 2.31. The molecular weight excluding hydrogens is 216 g/mol. The first-order valence-electron chi connectivity index (χ1n) is 6.85. The van der Waals surface area contributed by atoms with E-state index in [1.54, 1.807) is 0 Å². The second kappa shape index (κ2) is 5.83. The van der Waals surface area contributed by atoms with Crippen LogP contribution < -0.4 is 10.6 Å². The first-order valence-corrected chi connectivity index (χ1v) is 6.85. The second-order valence-electron chi connectivity index (χ2n) is 5.25. The molecule has 0 saturated carbocycles. The van der Waals surface area contributed by atoms with E-state index in [0.717, 1.165) is 39.0 Å². The smallest absolute Gasteiger partial charge is 0.224 e. The van der Waals surface area contributed by atoms with Crippen LogP contribution in [0.4, 0.5) is 0 Å². The Bertz CT molecular complexity index is 270. The Morgan fingerprint density at radius 2 is 2.29 bits per heavy atom. The van der Waals surface area contributed by atoms with Gasteiger partial charge < -0.3 is 15.4 Å². The molecule has 17 heavy (non-hydrogen) atoms. The van der Waals surface area contributed by atoms with Crippen molar-refractivity contribution in [3.63, 3.8) is 0 Å². The van der Waals surface area contributed by atoms with E-state index in [4.69, 9.17) is 4.74 Å². The van der Waals surface area contributed by atoms with Crippen molar-refractivity contribution >= 4 is 5.91 Å². The van der Waals surface area contributed by atoms with Crippen LogP contribution in [0.25, 0.3) is 0 Å². The maximum absolute atomic E-state index is 12.0. The zero-order chi connectivity index (χ0) is 12.3. The Morgan fingerprint density at radius 3 is 2.94 bits per heavy atom. The van der Waals surface area contributed by atoms with E-state index in [2.05, 4.69) is 24.5 Å². The fraction of sp³-hybridized carbons (Fsp3) is 0.923. The van der Waals surface area contributed by atoms with Crippen LogP contribution in [0.15, 0.2) is 0 Å². The molecule has 0 aromatic rings. The summed E-state index contributed by atoms with van der Waals surface area (Å²) in [5.74, 6) is 0.871. The van der Waals surface area contributed by atoms with E-state index >= 15 is 0 Å². The first-order chi connectivity index (χ1) is 8.22. The molecule has 4 atom stereocenters. The molecule has 2 aliphatic heterocycles. The summed E-state index contributed by atoms with van der Waals surface area (Å²) in [5.41, 5.74) is 0. The Kier molecular flexibility index (Phi) is 4.40. The number of carbonyl (C=O) groups excluding carboxylic acids is 1. The molecule has 1 amide bonds. The lowest BCUT2D eigenvalue weighted by atomic mass is 9.98. The zero-order valence-corrected chi connectivity index (χ0v) is 10.9. The largest absolute Gasteiger partial charge is 0.378 e. The van der Waals surface area contributed by atoms with Crippen molar-refractivity contribution in [1.29, 1.82) is 0 Å². The Hall–Kier alpha value is -0.610. The minimum atomic E-state index is 0.150. The molecule has 2 saturated heterocycles. The van der Waals surface area contributed by atoms with Gasteiger partial charge in [0.15, 0.2) is 0 Å². The molecule has 0 spiro atoms. The van der Waals surface area contributed by atoms with Gasteiger partial charge in [0.2, 0.25) is 5.91 Å². The van der Waals surface area contributed by atoms with Crippen molar-refractivity contribution in [3.8, 4) is 0 Å². The summed E-state index contributed by atoms with van der Waals surface area (Å²) >= 11 is 0. The quantitative estimate of drug-likeness (QED) is 0.768. The summed E-state index contributed by atoms with van der Waals surface area (Å²) in [6, 6.07) is 0.316. The van der Waals surface area contributed by atoms with E-state index in [1.807, 2.05) is 0 Å². The molecule has 4 nitrogen and oxygen atoms in total. The number of hydrogen-bond donors (Lipinski definition) is 2. The van der Waals surface area contributed by atoms with Gasteiger partial charge in [-0.1, -0.05) is 6.92 Å². The third kappa shape index (κ3) is 2.99. The molecule has 0 bridgehead atoms. The van der Waals surface area contributed by atoms with Crippen molar-refractivity contribution < 1.29 is 9.53 Å². The van der Waals surface area contributed by atoms with Gasteiger partial charge >= 0.3 is 0 Å². The van der Waals surface area contributed by atoms with Gasteiger partial charge in [-0.25, -0.2) is 0 Å². The van der Waals surface area contributed by atoms with Crippen LogP contribution in [0.3, 0.4) is 0 Å². The number of nitrogens with one attached hydrogen (secondary N) is 2. The van der Waals surface area contributed by atoms with E-state index in [9.17, 15) is 4.79 Å². The maximum Gasteiger partial charge on any atom is 0.224 e. The molecule has 0 aromatic carbocycles. The van der Waals surface area contributed by atoms with Gasteiger partial charge in [0.1, 0.15) is 0 Å². The third-order valence-electron chi connectivity index (χ3n) is 4.15. The second-order valence-corrected chi connectivity index (χ2v) is 5.25. The molecule has 0 aliphatic carbocycles. The normalized spacial score (nSPS) is 37.3. The molecular formula is C13H24N2O2. The lowest BCUT2D eigenvalue weighted by Gasteiger charge is -2.20. The zero-order valence-electron chi connectivity index (χ0n) is 10.9. The number of amides is 1. The summed E-state index contributed by atoms with van der Waals surface area (Å²) in [6.07, 6.45) is 3.43. The van der Waals surface area contributed by atoms with Gasteiger partial charge in [-0.05, 0) is 32.7 Å². The third-order valence-corrected chi connectivity index (χ3v) is 4.15. The highest BCUT2D eigenvalue weighted by molar-refractivity contribution is 5.79. The number of hydrogen-bond acceptors (Lipinski definition) is 3. The SMILES string of the molecule is CCC1OCCC1CNC(=O)C1CCNC1C. The summed E-state index contributed by atoms with van der Waals surface area (Å²) < 4.78 is 5.63. The Balaban J connectivity index is 1.76. The van der Waals surface area contributed by atoms with Gasteiger partial charge in [-0.15, -0.1) is 0 Å². The molecule has 2 fully saturated rings. The lowest BCUT2D eigenvalue weighted by Crippen LogP contribution is -2.40. The first kappa shape index (κ1) is 12.8. The van der Waals surface area contributed by atoms with Crippen LogP contribution in [0.1, 0.15) is 33.1 Å². The van der Waals surface area contributed by atoms with Crippen molar-refractivity contribution in [1.82, 2.24) is 10.6 Å². The van der Waals surface area contributed by atoms with Crippen LogP contribution in [0.5, 0.6) is 0 Å². The van der Waals surface area contributed by atoms with Crippen LogP contribution >= 0.6 is 0 Å². The summed E-state index contributed by atoms with van der Waals surface area (Å²) in [4.78, 5) is 12.0. The summed E-state index contributed by atoms with van der Waals surface area (Å²) in [7, 11) is 0. The molecule has 2 rings (SSSR count). The number of rotatable bonds is 4. The van der Waals surface area contributed by atoms with E-state index in [1.165, 1.54) is 0 Å². The highest BCUT2D eigenvalue weighted by atomic mass is 16.5. The predicted octanol–water partition coefficient (Wildman–Crippen LogP) is 0.916. The molecule has 2 N–H and O–H groups in total. The predicted molar refractivity (Wildman–Crippen MR) is 66.7 cm³/mol. The number of ether oxygens (including phenoxy) is 1. The summed E-state index contributed by atoms with van der Waals surface area (Å²) in [6.45, 7) is 6.82. The Morgan fingerprint density at radius 1 is 1.47 bits per heavy atom. The van der Waals surface area contributed by atoms with Crippen molar-refractivity contribution in [2.24, 2.45) is 11.8 Å². The topological polar surface area (TPSA) is 50.4 Å². The van der Waals surface area contributed by atoms with Gasteiger partial charge in [0, 0.05) is 25.1 Å². The number of carbonyl (C=O) groups is 1. The standard InChI is InChI=1S/C13H24N2O2/c1-3-12-10(5-7-17-12)8-15-13(16)11-4-6-14-9(11)2/h9-12,14H,3-8H2,1-2H3,(H,15,16). The maximum atomic E-state index is 12.0. The average molecular weight is 240 g/mol. The molecule has 4 heteroatoms.